The SMILES string of the molecule is COc1ccc(C(=O)N2CCC(Nc3ccncn3)CC2)cc1. The van der Waals surface area contributed by atoms with Crippen LogP contribution in [0.2, 0.25) is 0 Å². The van der Waals surface area contributed by atoms with Gasteiger partial charge in [0.05, 0.1) is 7.11 Å². The van der Waals surface area contributed by atoms with E-state index < -0.39 is 0 Å². The van der Waals surface area contributed by atoms with Crippen LogP contribution >= 0.6 is 0 Å². The van der Waals surface area contributed by atoms with Crippen molar-refractivity contribution in [2.75, 3.05) is 25.5 Å². The Morgan fingerprint density at radius 2 is 1.96 bits per heavy atom. The fourth-order valence-corrected chi connectivity index (χ4v) is 2.73. The number of benzene rings is 1. The molecular weight excluding hydrogens is 292 g/mol. The molecule has 6 nitrogen and oxygen atoms in total. The highest BCUT2D eigenvalue weighted by atomic mass is 16.5. The van der Waals surface area contributed by atoms with E-state index in [0.717, 1.165) is 37.5 Å². The fraction of sp³-hybridized carbons (Fsp3) is 0.353. The van der Waals surface area contributed by atoms with Gasteiger partial charge in [0.2, 0.25) is 0 Å². The van der Waals surface area contributed by atoms with Crippen molar-refractivity contribution < 1.29 is 9.53 Å². The van der Waals surface area contributed by atoms with Gasteiger partial charge in [-0.1, -0.05) is 0 Å². The molecule has 3 rings (SSSR count). The van der Waals surface area contributed by atoms with E-state index in [1.807, 2.05) is 35.2 Å². The average Bonchev–Trinajstić information content (AvgIpc) is 2.63. The maximum atomic E-state index is 12.5. The van der Waals surface area contributed by atoms with Crippen LogP contribution in [-0.2, 0) is 0 Å². The lowest BCUT2D eigenvalue weighted by atomic mass is 10.0. The molecule has 0 spiro atoms. The number of aromatic nitrogens is 2. The van der Waals surface area contributed by atoms with Crippen LogP contribution in [-0.4, -0.2) is 47.0 Å². The van der Waals surface area contributed by atoms with Crippen LogP contribution in [0.4, 0.5) is 5.82 Å². The van der Waals surface area contributed by atoms with E-state index >= 15 is 0 Å². The molecule has 0 unspecified atom stereocenters. The predicted molar refractivity (Wildman–Crippen MR) is 87.6 cm³/mol. The van der Waals surface area contributed by atoms with E-state index in [9.17, 15) is 4.79 Å². The summed E-state index contributed by atoms with van der Waals surface area (Å²) >= 11 is 0. The zero-order valence-electron chi connectivity index (χ0n) is 13.1. The molecular formula is C17H20N4O2. The van der Waals surface area contributed by atoms with E-state index in [-0.39, 0.29) is 5.91 Å². The Hall–Kier alpha value is -2.63. The minimum Gasteiger partial charge on any atom is -0.497 e. The van der Waals surface area contributed by atoms with Crippen LogP contribution in [0.3, 0.4) is 0 Å². The van der Waals surface area contributed by atoms with Crippen molar-refractivity contribution >= 4 is 11.7 Å². The van der Waals surface area contributed by atoms with Gasteiger partial charge in [0.25, 0.3) is 5.91 Å². The number of hydrogen-bond donors (Lipinski definition) is 1. The first-order valence-corrected chi connectivity index (χ1v) is 7.72. The van der Waals surface area contributed by atoms with Gasteiger partial charge >= 0.3 is 0 Å². The molecule has 2 heterocycles. The summed E-state index contributed by atoms with van der Waals surface area (Å²) in [5, 5.41) is 3.39. The Morgan fingerprint density at radius 3 is 2.57 bits per heavy atom. The Bertz CT molecular complexity index is 637. The van der Waals surface area contributed by atoms with E-state index in [0.29, 0.717) is 11.6 Å². The topological polar surface area (TPSA) is 67.3 Å². The number of methoxy groups -OCH3 is 1. The van der Waals surface area contributed by atoms with Crippen LogP contribution in [0.1, 0.15) is 23.2 Å². The third-order valence-corrected chi connectivity index (χ3v) is 4.05. The van der Waals surface area contributed by atoms with Crippen molar-refractivity contribution in [3.05, 3.63) is 48.4 Å². The number of carbonyl (C=O) groups excluding carboxylic acids is 1. The van der Waals surface area contributed by atoms with Gasteiger partial charge in [0.1, 0.15) is 17.9 Å². The Kier molecular flexibility index (Phi) is 4.71. The first-order valence-electron chi connectivity index (χ1n) is 7.72. The maximum Gasteiger partial charge on any atom is 0.253 e. The molecule has 0 saturated carbocycles. The summed E-state index contributed by atoms with van der Waals surface area (Å²) in [6.45, 7) is 1.49. The van der Waals surface area contributed by atoms with E-state index in [4.69, 9.17) is 4.74 Å². The second kappa shape index (κ2) is 7.09. The van der Waals surface area contributed by atoms with Crippen molar-refractivity contribution in [1.29, 1.82) is 0 Å². The van der Waals surface area contributed by atoms with Gasteiger partial charge in [-0.15, -0.1) is 0 Å². The van der Waals surface area contributed by atoms with Crippen molar-refractivity contribution in [2.24, 2.45) is 0 Å². The minimum absolute atomic E-state index is 0.0770. The zero-order valence-corrected chi connectivity index (χ0v) is 13.1. The van der Waals surface area contributed by atoms with E-state index in [2.05, 4.69) is 15.3 Å². The number of hydrogen-bond acceptors (Lipinski definition) is 5. The highest BCUT2D eigenvalue weighted by Gasteiger charge is 2.23. The van der Waals surface area contributed by atoms with E-state index in [1.165, 1.54) is 6.33 Å². The van der Waals surface area contributed by atoms with Crippen LogP contribution in [0, 0.1) is 0 Å². The molecule has 1 aliphatic heterocycles. The van der Waals surface area contributed by atoms with Crippen LogP contribution in [0.5, 0.6) is 5.75 Å². The quantitative estimate of drug-likeness (QED) is 0.937. The number of nitrogens with one attached hydrogen (secondary N) is 1. The van der Waals surface area contributed by atoms with Gasteiger partial charge in [0, 0.05) is 30.9 Å². The first kappa shape index (κ1) is 15.3. The zero-order chi connectivity index (χ0) is 16.1. The molecule has 23 heavy (non-hydrogen) atoms. The van der Waals surface area contributed by atoms with Crippen molar-refractivity contribution in [3.63, 3.8) is 0 Å². The maximum absolute atomic E-state index is 12.5. The lowest BCUT2D eigenvalue weighted by Gasteiger charge is -2.32. The van der Waals surface area contributed by atoms with Crippen LogP contribution in [0.25, 0.3) is 0 Å². The molecule has 0 aliphatic carbocycles. The Balaban J connectivity index is 1.54. The third kappa shape index (κ3) is 3.77. The van der Waals surface area contributed by atoms with Crippen molar-refractivity contribution in [1.82, 2.24) is 14.9 Å². The molecule has 1 saturated heterocycles. The Labute approximate surface area is 135 Å². The predicted octanol–water partition coefficient (Wildman–Crippen LogP) is 2.20. The second-order valence-corrected chi connectivity index (χ2v) is 5.53. The molecule has 6 heteroatoms. The summed E-state index contributed by atoms with van der Waals surface area (Å²) in [7, 11) is 1.62. The van der Waals surface area contributed by atoms with Crippen molar-refractivity contribution in [2.45, 2.75) is 18.9 Å². The lowest BCUT2D eigenvalue weighted by Crippen LogP contribution is -2.42. The summed E-state index contributed by atoms with van der Waals surface area (Å²) in [6.07, 6.45) is 5.07. The second-order valence-electron chi connectivity index (χ2n) is 5.53. The van der Waals surface area contributed by atoms with E-state index in [1.54, 1.807) is 13.3 Å². The number of carbonyl (C=O) groups is 1. The minimum atomic E-state index is 0.0770. The number of likely N-dealkylation sites (tertiary alicyclic amines) is 1. The molecule has 1 fully saturated rings. The highest BCUT2D eigenvalue weighted by Crippen LogP contribution is 2.18. The molecule has 1 aromatic carbocycles. The monoisotopic (exact) mass is 312 g/mol. The average molecular weight is 312 g/mol. The van der Waals surface area contributed by atoms with Crippen LogP contribution in [0.15, 0.2) is 42.9 Å². The smallest absolute Gasteiger partial charge is 0.253 e. The fourth-order valence-electron chi connectivity index (χ4n) is 2.73. The molecule has 1 amide bonds. The number of nitrogens with zero attached hydrogens (tertiary/aromatic N) is 3. The van der Waals surface area contributed by atoms with Gasteiger partial charge in [-0.05, 0) is 43.2 Å². The largest absolute Gasteiger partial charge is 0.497 e. The first-order chi connectivity index (χ1) is 11.3. The summed E-state index contributed by atoms with van der Waals surface area (Å²) < 4.78 is 5.12. The normalized spacial score (nSPS) is 15.3. The molecule has 2 aromatic rings. The summed E-state index contributed by atoms with van der Waals surface area (Å²) in [6, 6.07) is 9.45. The van der Waals surface area contributed by atoms with Crippen LogP contribution < -0.4 is 10.1 Å². The molecule has 0 atom stereocenters. The molecule has 0 radical (unpaired) electrons. The highest BCUT2D eigenvalue weighted by molar-refractivity contribution is 5.94. The number of ether oxygens (including phenoxy) is 1. The molecule has 0 bridgehead atoms. The number of rotatable bonds is 4. The van der Waals surface area contributed by atoms with Gasteiger partial charge in [-0.25, -0.2) is 9.97 Å². The summed E-state index contributed by atoms with van der Waals surface area (Å²) in [5.74, 6) is 1.67. The third-order valence-electron chi connectivity index (χ3n) is 4.05. The number of piperidine rings is 1. The van der Waals surface area contributed by atoms with Gasteiger partial charge in [-0.3, -0.25) is 4.79 Å². The number of amides is 1. The standard InChI is InChI=1S/C17H20N4O2/c1-23-15-4-2-13(3-5-15)17(22)21-10-7-14(8-11-21)20-16-6-9-18-12-19-16/h2-6,9,12,14H,7-8,10-11H2,1H3,(H,18,19,20). The molecule has 1 aromatic heterocycles. The molecule has 1 aliphatic rings. The lowest BCUT2D eigenvalue weighted by molar-refractivity contribution is 0.0718. The Morgan fingerprint density at radius 1 is 1.22 bits per heavy atom. The van der Waals surface area contributed by atoms with Gasteiger partial charge < -0.3 is 15.0 Å². The summed E-state index contributed by atoms with van der Waals surface area (Å²) in [5.41, 5.74) is 0.702. The number of anilines is 1. The van der Waals surface area contributed by atoms with Crippen molar-refractivity contribution in [3.8, 4) is 5.75 Å². The summed E-state index contributed by atoms with van der Waals surface area (Å²) in [4.78, 5) is 22.5. The van der Waals surface area contributed by atoms with Gasteiger partial charge in [0.15, 0.2) is 0 Å². The van der Waals surface area contributed by atoms with Gasteiger partial charge in [-0.2, -0.15) is 0 Å². The molecule has 120 valence electrons. The molecule has 1 N–H and O–H groups in total.